The zero-order chi connectivity index (χ0) is 12.9. The molecule has 0 fully saturated rings. The van der Waals surface area contributed by atoms with Crippen LogP contribution in [0.25, 0.3) is 0 Å². The van der Waals surface area contributed by atoms with Crippen molar-refractivity contribution in [2.45, 2.75) is 32.5 Å². The maximum Gasteiger partial charge on any atom is 0.387 e. The van der Waals surface area contributed by atoms with Crippen molar-refractivity contribution >= 4 is 0 Å². The summed E-state index contributed by atoms with van der Waals surface area (Å²) in [7, 11) is 0. The summed E-state index contributed by atoms with van der Waals surface area (Å²) < 4.78 is 28.1. The van der Waals surface area contributed by atoms with Gasteiger partial charge in [-0.25, -0.2) is 0 Å². The van der Waals surface area contributed by atoms with Gasteiger partial charge in [-0.2, -0.15) is 8.78 Å². The van der Waals surface area contributed by atoms with Gasteiger partial charge in [-0.15, -0.1) is 6.42 Å². The molecule has 0 aromatic heterocycles. The summed E-state index contributed by atoms with van der Waals surface area (Å²) in [6.45, 7) is 1.56. The summed E-state index contributed by atoms with van der Waals surface area (Å²) in [6.07, 6.45) is 5.33. The van der Waals surface area contributed by atoms with Crippen LogP contribution in [0.5, 0.6) is 5.75 Å². The molecular weight excluding hydrogens is 224 g/mol. The number of nitrogens with one attached hydrogen (secondary N) is 1. The van der Waals surface area contributed by atoms with Crippen LogP contribution in [0.15, 0.2) is 24.3 Å². The molecule has 0 spiro atoms. The molecule has 2 nitrogen and oxygen atoms in total. The van der Waals surface area contributed by atoms with Gasteiger partial charge in [0.2, 0.25) is 0 Å². The van der Waals surface area contributed by atoms with Gasteiger partial charge in [0, 0.05) is 6.54 Å². The fourth-order valence-corrected chi connectivity index (χ4v) is 1.16. The Labute approximate surface area is 100.0 Å². The van der Waals surface area contributed by atoms with Crippen molar-refractivity contribution in [3.63, 3.8) is 0 Å². The van der Waals surface area contributed by atoms with E-state index in [9.17, 15) is 8.78 Å². The molecule has 1 aromatic rings. The van der Waals surface area contributed by atoms with Crippen molar-refractivity contribution in [2.75, 3.05) is 0 Å². The first-order valence-corrected chi connectivity index (χ1v) is 5.19. The first kappa shape index (κ1) is 13.5. The second kappa shape index (κ2) is 5.65. The third-order valence-electron chi connectivity index (χ3n) is 2.24. The molecule has 0 amide bonds. The van der Waals surface area contributed by atoms with E-state index in [1.165, 1.54) is 12.1 Å². The van der Waals surface area contributed by atoms with Crippen molar-refractivity contribution in [1.82, 2.24) is 5.32 Å². The smallest absolute Gasteiger partial charge is 0.387 e. The van der Waals surface area contributed by atoms with E-state index < -0.39 is 12.2 Å². The van der Waals surface area contributed by atoms with E-state index in [2.05, 4.69) is 16.0 Å². The summed E-state index contributed by atoms with van der Waals surface area (Å²) in [5, 5.41) is 3.16. The molecule has 0 radical (unpaired) electrons. The van der Waals surface area contributed by atoms with E-state index in [1.807, 2.05) is 13.8 Å². The highest BCUT2D eigenvalue weighted by Gasteiger charge is 2.12. The number of benzene rings is 1. The lowest BCUT2D eigenvalue weighted by molar-refractivity contribution is -0.0498. The molecule has 0 heterocycles. The molecule has 4 heteroatoms. The lowest BCUT2D eigenvalue weighted by Crippen LogP contribution is -2.36. The highest BCUT2D eigenvalue weighted by atomic mass is 19.3. The number of halogens is 2. The van der Waals surface area contributed by atoms with E-state index in [-0.39, 0.29) is 5.75 Å². The van der Waals surface area contributed by atoms with Crippen LogP contribution in [-0.4, -0.2) is 12.2 Å². The Morgan fingerprint density at radius 2 is 1.94 bits per heavy atom. The van der Waals surface area contributed by atoms with Gasteiger partial charge in [-0.05, 0) is 31.5 Å². The molecule has 0 atom stereocenters. The van der Waals surface area contributed by atoms with Gasteiger partial charge >= 0.3 is 6.61 Å². The first-order chi connectivity index (χ1) is 7.93. The standard InChI is InChI=1S/C13H15F2NO/c1-4-13(2,3)16-9-10-5-7-11(8-6-10)17-12(14)15/h1,5-8,12,16H,9H2,2-3H3. The zero-order valence-corrected chi connectivity index (χ0v) is 9.84. The predicted molar refractivity (Wildman–Crippen MR) is 62.8 cm³/mol. The maximum absolute atomic E-state index is 11.9. The Hall–Kier alpha value is -1.60. The molecule has 0 saturated carbocycles. The second-order valence-corrected chi connectivity index (χ2v) is 4.15. The molecule has 1 N–H and O–H groups in total. The van der Waals surface area contributed by atoms with Crippen LogP contribution in [-0.2, 0) is 6.54 Å². The Balaban J connectivity index is 2.55. The Morgan fingerprint density at radius 1 is 1.35 bits per heavy atom. The minimum atomic E-state index is -2.79. The summed E-state index contributed by atoms with van der Waals surface area (Å²) in [6, 6.07) is 6.45. The van der Waals surface area contributed by atoms with Crippen molar-refractivity contribution in [2.24, 2.45) is 0 Å². The van der Waals surface area contributed by atoms with Gasteiger partial charge in [0.15, 0.2) is 0 Å². The van der Waals surface area contributed by atoms with Crippen LogP contribution in [0, 0.1) is 12.3 Å². The number of terminal acetylenes is 1. The normalized spacial score (nSPS) is 11.3. The quantitative estimate of drug-likeness (QED) is 0.798. The molecule has 1 aromatic carbocycles. The number of ether oxygens (including phenoxy) is 1. The molecule has 0 bridgehead atoms. The summed E-state index contributed by atoms with van der Waals surface area (Å²) in [5.74, 6) is 2.77. The number of hydrogen-bond acceptors (Lipinski definition) is 2. The Bertz CT molecular complexity index is 393. The highest BCUT2D eigenvalue weighted by molar-refractivity contribution is 5.27. The van der Waals surface area contributed by atoms with Gasteiger partial charge in [0.25, 0.3) is 0 Å². The van der Waals surface area contributed by atoms with Crippen LogP contribution >= 0.6 is 0 Å². The second-order valence-electron chi connectivity index (χ2n) is 4.15. The van der Waals surface area contributed by atoms with Crippen LogP contribution in [0.3, 0.4) is 0 Å². The predicted octanol–water partition coefficient (Wildman–Crippen LogP) is 2.79. The molecule has 0 aliphatic rings. The zero-order valence-electron chi connectivity index (χ0n) is 9.84. The van der Waals surface area contributed by atoms with Crippen LogP contribution in [0.1, 0.15) is 19.4 Å². The van der Waals surface area contributed by atoms with Gasteiger partial charge in [0.05, 0.1) is 5.54 Å². The third kappa shape index (κ3) is 4.83. The molecular formula is C13H15F2NO. The van der Waals surface area contributed by atoms with Gasteiger partial charge < -0.3 is 4.74 Å². The largest absolute Gasteiger partial charge is 0.435 e. The fourth-order valence-electron chi connectivity index (χ4n) is 1.16. The van der Waals surface area contributed by atoms with Gasteiger partial charge in [0.1, 0.15) is 5.75 Å². The monoisotopic (exact) mass is 239 g/mol. The van der Waals surface area contributed by atoms with E-state index in [1.54, 1.807) is 12.1 Å². The average molecular weight is 239 g/mol. The van der Waals surface area contributed by atoms with Crippen LogP contribution in [0.2, 0.25) is 0 Å². The third-order valence-corrected chi connectivity index (χ3v) is 2.24. The minimum Gasteiger partial charge on any atom is -0.435 e. The minimum absolute atomic E-state index is 0.153. The van der Waals surface area contributed by atoms with Crippen molar-refractivity contribution in [3.8, 4) is 18.1 Å². The summed E-state index contributed by atoms with van der Waals surface area (Å²) >= 11 is 0. The van der Waals surface area contributed by atoms with Crippen LogP contribution < -0.4 is 10.1 Å². The Morgan fingerprint density at radius 3 is 2.41 bits per heavy atom. The number of hydrogen-bond donors (Lipinski definition) is 1. The van der Waals surface area contributed by atoms with Crippen LogP contribution in [0.4, 0.5) is 8.78 Å². The van der Waals surface area contributed by atoms with Gasteiger partial charge in [-0.3, -0.25) is 5.32 Å². The average Bonchev–Trinajstić information content (AvgIpc) is 2.28. The molecule has 0 aliphatic carbocycles. The fraction of sp³-hybridized carbons (Fsp3) is 0.385. The van der Waals surface area contributed by atoms with Crippen molar-refractivity contribution in [1.29, 1.82) is 0 Å². The van der Waals surface area contributed by atoms with E-state index >= 15 is 0 Å². The lowest BCUT2D eigenvalue weighted by Gasteiger charge is -2.19. The molecule has 0 unspecified atom stereocenters. The van der Waals surface area contributed by atoms with Crippen molar-refractivity contribution in [3.05, 3.63) is 29.8 Å². The number of rotatable bonds is 5. The maximum atomic E-state index is 11.9. The Kier molecular flexibility index (Phi) is 4.47. The van der Waals surface area contributed by atoms with Gasteiger partial charge in [-0.1, -0.05) is 18.1 Å². The SMILES string of the molecule is C#CC(C)(C)NCc1ccc(OC(F)F)cc1. The molecule has 1 rings (SSSR count). The van der Waals surface area contributed by atoms with E-state index in [0.717, 1.165) is 5.56 Å². The molecule has 0 aliphatic heterocycles. The topological polar surface area (TPSA) is 21.3 Å². The summed E-state index contributed by atoms with van der Waals surface area (Å²) in [5.41, 5.74) is 0.563. The summed E-state index contributed by atoms with van der Waals surface area (Å²) in [4.78, 5) is 0. The number of alkyl halides is 2. The van der Waals surface area contributed by atoms with E-state index in [0.29, 0.717) is 6.54 Å². The van der Waals surface area contributed by atoms with E-state index in [4.69, 9.17) is 6.42 Å². The highest BCUT2D eigenvalue weighted by Crippen LogP contribution is 2.15. The molecule has 92 valence electrons. The lowest BCUT2D eigenvalue weighted by atomic mass is 10.1. The molecule has 17 heavy (non-hydrogen) atoms. The molecule has 0 saturated heterocycles. The first-order valence-electron chi connectivity index (χ1n) is 5.19. The van der Waals surface area contributed by atoms with Crippen molar-refractivity contribution < 1.29 is 13.5 Å².